The van der Waals surface area contributed by atoms with Crippen molar-refractivity contribution in [3.63, 3.8) is 0 Å². The fraction of sp³-hybridized carbons (Fsp3) is 0.0156. The quantitative estimate of drug-likeness (QED) is 0.206. The van der Waals surface area contributed by atoms with E-state index >= 15 is 0 Å². The molecule has 0 aliphatic heterocycles. The number of hydrogen-bond donors (Lipinski definition) is 0. The topological polar surface area (TPSA) is 65.0 Å². The van der Waals surface area contributed by atoms with Crippen LogP contribution in [0.4, 0.5) is 0 Å². The van der Waals surface area contributed by atoms with Crippen molar-refractivity contribution in [2.75, 3.05) is 0 Å². The lowest BCUT2D eigenvalue weighted by Crippen LogP contribution is -2.55. The molecule has 3 heterocycles. The molecule has 15 rings (SSSR count). The molecular formula is C64H47B10N3O2. The minimum absolute atomic E-state index is 0.423. The molecule has 0 radical (unpaired) electrons. The van der Waals surface area contributed by atoms with Crippen molar-refractivity contribution < 1.29 is 8.83 Å². The Labute approximate surface area is 468 Å². The Hall–Kier alpha value is -8.54. The highest BCUT2D eigenvalue weighted by Crippen LogP contribution is 2.64. The Morgan fingerprint density at radius 2 is 0.646 bits per heavy atom. The summed E-state index contributed by atoms with van der Waals surface area (Å²) in [6.07, 6.45) is 0. The van der Waals surface area contributed by atoms with Crippen LogP contribution in [0.25, 0.3) is 123 Å². The first kappa shape index (κ1) is 47.7. The van der Waals surface area contributed by atoms with E-state index in [1.165, 1.54) is 105 Å². The van der Waals surface area contributed by atoms with E-state index in [4.69, 9.17) is 23.8 Å². The molecule has 3 aromatic heterocycles. The monoisotopic (exact) mass is 999 g/mol. The van der Waals surface area contributed by atoms with Crippen molar-refractivity contribution in [1.29, 1.82) is 0 Å². The van der Waals surface area contributed by atoms with Gasteiger partial charge in [0, 0.05) is 38.2 Å². The zero-order valence-corrected chi connectivity index (χ0v) is 46.2. The highest BCUT2D eigenvalue weighted by molar-refractivity contribution is 6.70. The SMILES string of the molecule is Bc1c(B)c(B)c(-c2nc(-c3c(B)c(B)c(B)c(B)c3B)nc(-c3cccc4oc5ccc(-c6cccc7oc8ccc(-c9cccc%10c9-c9ccccc9C%109c%10ccccc%10-c%10ccccc%109)cc8c67)cc5c34)n2)c(B)c1B. The second kappa shape index (κ2) is 17.2. The average molecular weight is 998 g/mol. The second-order valence-corrected chi connectivity index (χ2v) is 22.4. The third-order valence-corrected chi connectivity index (χ3v) is 19.0. The van der Waals surface area contributed by atoms with Crippen molar-refractivity contribution in [2.24, 2.45) is 0 Å². The smallest absolute Gasteiger partial charge is 0.164 e. The zero-order valence-electron chi connectivity index (χ0n) is 46.2. The van der Waals surface area contributed by atoms with Gasteiger partial charge in [0.05, 0.1) is 5.41 Å². The fourth-order valence-corrected chi connectivity index (χ4v) is 14.2. The van der Waals surface area contributed by atoms with Gasteiger partial charge in [0.15, 0.2) is 17.5 Å². The zero-order chi connectivity index (χ0) is 53.9. The van der Waals surface area contributed by atoms with Crippen LogP contribution >= 0.6 is 0 Å². The second-order valence-electron chi connectivity index (χ2n) is 22.4. The number of benzene rings is 10. The highest BCUT2D eigenvalue weighted by Gasteiger charge is 2.52. The first-order chi connectivity index (χ1) is 38.3. The molecule has 79 heavy (non-hydrogen) atoms. The molecule has 0 fully saturated rings. The molecular weight excluding hydrogens is 951 g/mol. The van der Waals surface area contributed by atoms with E-state index in [1.807, 2.05) is 0 Å². The number of furan rings is 2. The predicted molar refractivity (Wildman–Crippen MR) is 360 cm³/mol. The third-order valence-electron chi connectivity index (χ3n) is 19.0. The van der Waals surface area contributed by atoms with Gasteiger partial charge in [-0.2, -0.15) is 0 Å². The summed E-state index contributed by atoms with van der Waals surface area (Å²) < 4.78 is 13.5. The van der Waals surface area contributed by atoms with Crippen LogP contribution in [0.3, 0.4) is 0 Å². The molecule has 0 saturated carbocycles. The van der Waals surface area contributed by atoms with Crippen LogP contribution in [0.1, 0.15) is 22.3 Å². The molecule has 0 bridgehead atoms. The van der Waals surface area contributed by atoms with Crippen LogP contribution in [-0.4, -0.2) is 93.4 Å². The number of nitrogens with zero attached hydrogens (tertiary/aromatic N) is 3. The number of hydrogen-bond acceptors (Lipinski definition) is 5. The van der Waals surface area contributed by atoms with Gasteiger partial charge in [0.2, 0.25) is 0 Å². The fourth-order valence-electron chi connectivity index (χ4n) is 14.2. The van der Waals surface area contributed by atoms with E-state index < -0.39 is 5.41 Å². The van der Waals surface area contributed by atoms with Crippen LogP contribution in [-0.2, 0) is 5.41 Å². The Kier molecular flexibility index (Phi) is 10.4. The Morgan fingerprint density at radius 1 is 0.278 bits per heavy atom. The van der Waals surface area contributed by atoms with E-state index in [9.17, 15) is 0 Å². The first-order valence-electron chi connectivity index (χ1n) is 27.6. The molecule has 0 unspecified atom stereocenters. The van der Waals surface area contributed by atoms with Gasteiger partial charge in [0.25, 0.3) is 0 Å². The number of rotatable bonds is 5. The van der Waals surface area contributed by atoms with E-state index in [0.717, 1.165) is 77.3 Å². The summed E-state index contributed by atoms with van der Waals surface area (Å²) in [4.78, 5) is 16.4. The van der Waals surface area contributed by atoms with E-state index in [2.05, 4.69) is 242 Å². The van der Waals surface area contributed by atoms with Gasteiger partial charge in [-0.15, -0.1) is 32.8 Å². The lowest BCUT2D eigenvalue weighted by Gasteiger charge is -2.30. The van der Waals surface area contributed by atoms with E-state index in [-0.39, 0.29) is 0 Å². The molecule has 360 valence electrons. The van der Waals surface area contributed by atoms with Gasteiger partial charge in [0.1, 0.15) is 101 Å². The lowest BCUT2D eigenvalue weighted by atomic mass is 9.60. The number of aromatic nitrogens is 3. The number of fused-ring (bicyclic) bond motifs is 16. The standard InChI is InChI=1S/C64H47B10N3O2/c65-51-49(52(66)56(70)59(73)55(51)69)62-75-61(76-63(77-62)50-53(67)57(71)60(74)58(72)54(50)68)35-15-9-21-45-48(35)37-27-29(23-25-43(37)79-45)31-14-8-20-44-47(31)36-26-28(22-24-42(36)78-44)30-13-7-19-41-46(30)34-12-3-6-18-40(34)64(41)38-16-4-1-10-32(38)33-11-2-5-17-39(33)64/h1-27H,65-74H2. The Balaban J connectivity index is 0.917. The minimum Gasteiger partial charge on any atom is -0.456 e. The van der Waals surface area contributed by atoms with Crippen molar-refractivity contribution in [2.45, 2.75) is 5.41 Å². The van der Waals surface area contributed by atoms with E-state index in [1.54, 1.807) is 0 Å². The normalized spacial score (nSPS) is 12.9. The van der Waals surface area contributed by atoms with Gasteiger partial charge in [-0.1, -0.05) is 149 Å². The molecule has 10 aromatic carbocycles. The van der Waals surface area contributed by atoms with Gasteiger partial charge >= 0.3 is 0 Å². The minimum atomic E-state index is -0.423. The van der Waals surface area contributed by atoms with Gasteiger partial charge in [-0.05, 0) is 103 Å². The van der Waals surface area contributed by atoms with Crippen molar-refractivity contribution in [1.82, 2.24) is 15.0 Å². The molecule has 2 aliphatic rings. The van der Waals surface area contributed by atoms with Gasteiger partial charge in [-0.25, -0.2) is 15.0 Å². The molecule has 15 heteroatoms. The lowest BCUT2D eigenvalue weighted by molar-refractivity contribution is 0.669. The van der Waals surface area contributed by atoms with Crippen LogP contribution in [0.2, 0.25) is 0 Å². The van der Waals surface area contributed by atoms with Crippen molar-refractivity contribution >= 4 is 177 Å². The van der Waals surface area contributed by atoms with Crippen LogP contribution in [0.5, 0.6) is 0 Å². The molecule has 1 spiro atoms. The molecule has 5 nitrogen and oxygen atoms in total. The molecule has 0 saturated heterocycles. The molecule has 0 amide bonds. The van der Waals surface area contributed by atoms with Crippen LogP contribution < -0.4 is 54.6 Å². The summed E-state index contributed by atoms with van der Waals surface area (Å²) in [6, 6.07) is 60.0. The Morgan fingerprint density at radius 3 is 1.16 bits per heavy atom. The summed E-state index contributed by atoms with van der Waals surface area (Å²) in [5, 5.41) is 4.10. The van der Waals surface area contributed by atoms with Crippen LogP contribution in [0, 0.1) is 0 Å². The first-order valence-corrected chi connectivity index (χ1v) is 27.6. The van der Waals surface area contributed by atoms with Crippen molar-refractivity contribution in [3.05, 3.63) is 186 Å². The maximum atomic E-state index is 6.76. The maximum Gasteiger partial charge on any atom is 0.164 e. The summed E-state index contributed by atoms with van der Waals surface area (Å²) in [5.41, 5.74) is 33.2. The molecule has 13 aromatic rings. The van der Waals surface area contributed by atoms with E-state index in [0.29, 0.717) is 17.5 Å². The molecule has 2 aliphatic carbocycles. The van der Waals surface area contributed by atoms with Gasteiger partial charge in [-0.3, -0.25) is 0 Å². The Bertz CT molecular complexity index is 4700. The van der Waals surface area contributed by atoms with Gasteiger partial charge < -0.3 is 8.83 Å². The third kappa shape index (κ3) is 6.50. The summed E-state index contributed by atoms with van der Waals surface area (Å²) in [6.45, 7) is 0. The summed E-state index contributed by atoms with van der Waals surface area (Å²) in [5.74, 6) is 1.97. The average Bonchev–Trinajstić information content (AvgIpc) is 2.34. The maximum absolute atomic E-state index is 6.76. The summed E-state index contributed by atoms with van der Waals surface area (Å²) in [7, 11) is 22.1. The van der Waals surface area contributed by atoms with Crippen molar-refractivity contribution in [3.8, 4) is 78.7 Å². The highest BCUT2D eigenvalue weighted by atomic mass is 16.3. The van der Waals surface area contributed by atoms with Crippen LogP contribution in [0.15, 0.2) is 173 Å². The largest absolute Gasteiger partial charge is 0.456 e. The molecule has 0 N–H and O–H groups in total. The predicted octanol–water partition coefficient (Wildman–Crippen LogP) is -1.07. The summed E-state index contributed by atoms with van der Waals surface area (Å²) >= 11 is 0. The molecule has 0 atom stereocenters.